The SMILES string of the molecule is O=C(NCc1ccc2c(c1)CCCS2(=O)=O)c1ccc(=O)[nH]n1. The van der Waals surface area contributed by atoms with E-state index in [1.165, 1.54) is 12.1 Å². The average molecular weight is 333 g/mol. The molecule has 2 heterocycles. The number of aromatic amines is 1. The van der Waals surface area contributed by atoms with Crippen molar-refractivity contribution in [2.24, 2.45) is 0 Å². The highest BCUT2D eigenvalue weighted by atomic mass is 32.2. The standard InChI is InChI=1S/C15H15N3O4S/c19-14-6-4-12(17-18-14)15(20)16-9-10-3-5-13-11(8-10)2-1-7-23(13,21)22/h3-6,8H,1-2,7,9H2,(H,16,20)(H,18,19). The minimum atomic E-state index is -3.17. The number of carbonyl (C=O) groups excluding carboxylic acids is 1. The highest BCUT2D eigenvalue weighted by molar-refractivity contribution is 7.91. The summed E-state index contributed by atoms with van der Waals surface area (Å²) in [6.45, 7) is 0.257. The molecule has 2 N–H and O–H groups in total. The molecule has 23 heavy (non-hydrogen) atoms. The lowest BCUT2D eigenvalue weighted by atomic mass is 10.1. The van der Waals surface area contributed by atoms with Crippen molar-refractivity contribution >= 4 is 15.7 Å². The van der Waals surface area contributed by atoms with Crippen LogP contribution in [0, 0.1) is 0 Å². The quantitative estimate of drug-likeness (QED) is 0.846. The van der Waals surface area contributed by atoms with Gasteiger partial charge in [0.2, 0.25) is 0 Å². The molecule has 120 valence electrons. The predicted molar refractivity (Wildman–Crippen MR) is 82.8 cm³/mol. The van der Waals surface area contributed by atoms with Crippen LogP contribution in [0.15, 0.2) is 40.0 Å². The molecule has 1 aliphatic rings. The maximum absolute atomic E-state index is 12.0. The summed E-state index contributed by atoms with van der Waals surface area (Å²) in [5, 5.41) is 8.54. The molecule has 0 fully saturated rings. The van der Waals surface area contributed by atoms with Gasteiger partial charge >= 0.3 is 0 Å². The summed E-state index contributed by atoms with van der Waals surface area (Å²) < 4.78 is 23.9. The molecule has 0 bridgehead atoms. The number of nitrogens with one attached hydrogen (secondary N) is 2. The van der Waals surface area contributed by atoms with Crippen LogP contribution < -0.4 is 10.9 Å². The topological polar surface area (TPSA) is 109 Å². The molecule has 3 rings (SSSR count). The molecule has 0 saturated heterocycles. The summed E-state index contributed by atoms with van der Waals surface area (Å²) in [5.41, 5.74) is 1.35. The number of benzene rings is 1. The van der Waals surface area contributed by atoms with Crippen LogP contribution in [0.5, 0.6) is 0 Å². The number of aryl methyl sites for hydroxylation is 1. The van der Waals surface area contributed by atoms with Crippen molar-refractivity contribution in [2.75, 3.05) is 5.75 Å². The third-order valence-electron chi connectivity index (χ3n) is 3.68. The van der Waals surface area contributed by atoms with Gasteiger partial charge in [0.05, 0.1) is 10.6 Å². The summed E-state index contributed by atoms with van der Waals surface area (Å²) in [6, 6.07) is 7.68. The third-order valence-corrected chi connectivity index (χ3v) is 5.58. The van der Waals surface area contributed by atoms with Gasteiger partial charge in [-0.3, -0.25) is 9.59 Å². The summed E-state index contributed by atoms with van der Waals surface area (Å²) in [7, 11) is -3.17. The Bertz CT molecular complexity index is 898. The van der Waals surface area contributed by atoms with Gasteiger partial charge in [-0.2, -0.15) is 5.10 Å². The van der Waals surface area contributed by atoms with Gasteiger partial charge in [-0.25, -0.2) is 13.5 Å². The summed E-state index contributed by atoms with van der Waals surface area (Å²) >= 11 is 0. The zero-order chi connectivity index (χ0) is 16.4. The van der Waals surface area contributed by atoms with E-state index in [9.17, 15) is 18.0 Å². The Balaban J connectivity index is 1.73. The minimum Gasteiger partial charge on any atom is -0.347 e. The monoisotopic (exact) mass is 333 g/mol. The van der Waals surface area contributed by atoms with Crippen molar-refractivity contribution in [3.8, 4) is 0 Å². The van der Waals surface area contributed by atoms with Crippen LogP contribution in [0.1, 0.15) is 28.0 Å². The van der Waals surface area contributed by atoms with E-state index in [2.05, 4.69) is 15.5 Å². The van der Waals surface area contributed by atoms with Gasteiger partial charge in [0.15, 0.2) is 9.84 Å². The normalized spacial score (nSPS) is 15.7. The van der Waals surface area contributed by atoms with Crippen molar-refractivity contribution in [1.29, 1.82) is 0 Å². The molecule has 7 nitrogen and oxygen atoms in total. The number of carbonyl (C=O) groups is 1. The molecule has 1 aromatic heterocycles. The van der Waals surface area contributed by atoms with Crippen molar-refractivity contribution < 1.29 is 13.2 Å². The van der Waals surface area contributed by atoms with Crippen LogP contribution in [0.3, 0.4) is 0 Å². The van der Waals surface area contributed by atoms with Crippen LogP contribution in [0.25, 0.3) is 0 Å². The van der Waals surface area contributed by atoms with E-state index in [0.29, 0.717) is 11.3 Å². The van der Waals surface area contributed by atoms with Crippen molar-refractivity contribution in [3.05, 3.63) is 57.5 Å². The maximum Gasteiger partial charge on any atom is 0.271 e. The number of amides is 1. The first-order chi connectivity index (χ1) is 11.0. The number of hydrogen-bond acceptors (Lipinski definition) is 5. The van der Waals surface area contributed by atoms with E-state index >= 15 is 0 Å². The molecule has 0 radical (unpaired) electrons. The number of sulfone groups is 1. The number of H-pyrrole nitrogens is 1. The number of nitrogens with zero attached hydrogens (tertiary/aromatic N) is 1. The van der Waals surface area contributed by atoms with Gasteiger partial charge in [-0.1, -0.05) is 12.1 Å². The van der Waals surface area contributed by atoms with Crippen LogP contribution in [-0.4, -0.2) is 30.3 Å². The van der Waals surface area contributed by atoms with Gasteiger partial charge in [-0.15, -0.1) is 0 Å². The molecule has 1 aliphatic heterocycles. The number of aromatic nitrogens is 2. The third kappa shape index (κ3) is 3.31. The fourth-order valence-corrected chi connectivity index (χ4v) is 4.13. The Morgan fingerprint density at radius 2 is 2.09 bits per heavy atom. The van der Waals surface area contributed by atoms with E-state index in [0.717, 1.165) is 17.5 Å². The summed E-state index contributed by atoms with van der Waals surface area (Å²) in [5.74, 6) is -0.222. The smallest absolute Gasteiger partial charge is 0.271 e. The van der Waals surface area contributed by atoms with Gasteiger partial charge < -0.3 is 5.32 Å². The lowest BCUT2D eigenvalue weighted by Crippen LogP contribution is -2.25. The summed E-state index contributed by atoms with van der Waals surface area (Å²) in [4.78, 5) is 23.2. The van der Waals surface area contributed by atoms with Crippen LogP contribution in [0.2, 0.25) is 0 Å². The Kier molecular flexibility index (Phi) is 3.99. The first kappa shape index (κ1) is 15.4. The lowest BCUT2D eigenvalue weighted by Gasteiger charge is -2.17. The predicted octanol–water partition coefficient (Wildman–Crippen LogP) is 0.420. The second-order valence-corrected chi connectivity index (χ2v) is 7.43. The molecule has 0 unspecified atom stereocenters. The Labute approximate surface area is 132 Å². The van der Waals surface area contributed by atoms with Crippen LogP contribution >= 0.6 is 0 Å². The molecule has 1 amide bonds. The molecule has 8 heteroatoms. The highest BCUT2D eigenvalue weighted by Gasteiger charge is 2.23. The number of rotatable bonds is 3. The molecule has 0 saturated carbocycles. The maximum atomic E-state index is 12.0. The largest absolute Gasteiger partial charge is 0.347 e. The Hall–Kier alpha value is -2.48. The van der Waals surface area contributed by atoms with Crippen LogP contribution in [0.4, 0.5) is 0 Å². The van der Waals surface area contributed by atoms with E-state index in [-0.39, 0.29) is 23.6 Å². The van der Waals surface area contributed by atoms with Gasteiger partial charge in [0.25, 0.3) is 11.5 Å². The fraction of sp³-hybridized carbons (Fsp3) is 0.267. The first-order valence-corrected chi connectivity index (χ1v) is 8.79. The van der Waals surface area contributed by atoms with E-state index in [4.69, 9.17) is 0 Å². The van der Waals surface area contributed by atoms with E-state index < -0.39 is 15.7 Å². The van der Waals surface area contributed by atoms with Gasteiger partial charge in [0, 0.05) is 12.6 Å². The van der Waals surface area contributed by atoms with Gasteiger partial charge in [0.1, 0.15) is 5.69 Å². The van der Waals surface area contributed by atoms with Crippen molar-refractivity contribution in [1.82, 2.24) is 15.5 Å². The molecular weight excluding hydrogens is 318 g/mol. The Morgan fingerprint density at radius 1 is 1.26 bits per heavy atom. The highest BCUT2D eigenvalue weighted by Crippen LogP contribution is 2.25. The Morgan fingerprint density at radius 3 is 2.83 bits per heavy atom. The van der Waals surface area contributed by atoms with E-state index in [1.54, 1.807) is 12.1 Å². The second-order valence-electron chi connectivity index (χ2n) is 5.35. The minimum absolute atomic E-state index is 0.116. The zero-order valence-electron chi connectivity index (χ0n) is 12.2. The zero-order valence-corrected chi connectivity index (χ0v) is 13.0. The van der Waals surface area contributed by atoms with Gasteiger partial charge in [-0.05, 0) is 36.1 Å². The van der Waals surface area contributed by atoms with Crippen molar-refractivity contribution in [3.63, 3.8) is 0 Å². The van der Waals surface area contributed by atoms with Crippen molar-refractivity contribution in [2.45, 2.75) is 24.3 Å². The average Bonchev–Trinajstić information content (AvgIpc) is 2.53. The first-order valence-electron chi connectivity index (χ1n) is 7.14. The summed E-state index contributed by atoms with van der Waals surface area (Å²) in [6.07, 6.45) is 1.34. The lowest BCUT2D eigenvalue weighted by molar-refractivity contribution is 0.0944. The molecule has 0 atom stereocenters. The molecular formula is C15H15N3O4S. The molecule has 0 spiro atoms. The molecule has 0 aliphatic carbocycles. The van der Waals surface area contributed by atoms with E-state index in [1.807, 2.05) is 6.07 Å². The van der Waals surface area contributed by atoms with Crippen LogP contribution in [-0.2, 0) is 22.8 Å². The number of fused-ring (bicyclic) bond motifs is 1. The molecule has 1 aromatic carbocycles. The fourth-order valence-electron chi connectivity index (χ4n) is 2.55. The molecule has 2 aromatic rings. The second kappa shape index (κ2) is 5.96. The number of hydrogen-bond donors (Lipinski definition) is 2.